The molecule has 0 atom stereocenters. The number of para-hydroxylation sites is 1. The molecule has 1 heterocycles. The van der Waals surface area contributed by atoms with Crippen LogP contribution in [-0.4, -0.2) is 10.8 Å². The number of hydrogen-bond acceptors (Lipinski definition) is 2. The number of hydrogen-bond donors (Lipinski definition) is 0. The van der Waals surface area contributed by atoms with Gasteiger partial charge in [-0.25, -0.2) is 0 Å². The van der Waals surface area contributed by atoms with Gasteiger partial charge in [0.2, 0.25) is 0 Å². The number of fused-ring (bicyclic) bond motifs is 3. The second-order valence-corrected chi connectivity index (χ2v) is 6.23. The first kappa shape index (κ1) is 14.1. The second kappa shape index (κ2) is 5.96. The molecule has 0 fully saturated rings. The fraction of sp³-hybridized carbons (Fsp3) is 0.238. The van der Waals surface area contributed by atoms with Crippen LogP contribution in [0.25, 0.3) is 21.7 Å². The summed E-state index contributed by atoms with van der Waals surface area (Å²) in [6.45, 7) is 0. The maximum atomic E-state index is 12.4. The zero-order chi connectivity index (χ0) is 15.6. The van der Waals surface area contributed by atoms with E-state index in [0.29, 0.717) is 12.2 Å². The van der Waals surface area contributed by atoms with Crippen molar-refractivity contribution < 1.29 is 4.79 Å². The van der Waals surface area contributed by atoms with Gasteiger partial charge in [-0.15, -0.1) is 0 Å². The van der Waals surface area contributed by atoms with E-state index in [4.69, 9.17) is 4.98 Å². The van der Waals surface area contributed by atoms with Crippen molar-refractivity contribution in [2.75, 3.05) is 0 Å². The maximum Gasteiger partial charge on any atom is 0.136 e. The highest BCUT2D eigenvalue weighted by Gasteiger charge is 2.19. The number of carbonyl (C=O) groups is 1. The van der Waals surface area contributed by atoms with Gasteiger partial charge in [0.25, 0.3) is 0 Å². The molecule has 0 N–H and O–H groups in total. The molecule has 2 nitrogen and oxygen atoms in total. The van der Waals surface area contributed by atoms with Crippen molar-refractivity contribution in [1.29, 1.82) is 0 Å². The number of allylic oxidation sites excluding steroid dienone is 2. The molecule has 2 aromatic carbocycles. The third-order valence-corrected chi connectivity index (χ3v) is 4.76. The Bertz CT molecular complexity index is 902. The Morgan fingerprint density at radius 1 is 0.913 bits per heavy atom. The highest BCUT2D eigenvalue weighted by atomic mass is 16.1. The lowest BCUT2D eigenvalue weighted by atomic mass is 9.95. The summed E-state index contributed by atoms with van der Waals surface area (Å²) in [5.41, 5.74) is 2.05. The summed E-state index contributed by atoms with van der Waals surface area (Å²) in [5.74, 6) is 0.566. The molecule has 114 valence electrons. The average molecular weight is 301 g/mol. The second-order valence-electron chi connectivity index (χ2n) is 6.23. The molecule has 0 saturated heterocycles. The van der Waals surface area contributed by atoms with Gasteiger partial charge in [-0.2, -0.15) is 0 Å². The molecular formula is C21H19NO. The fourth-order valence-corrected chi connectivity index (χ4v) is 3.49. The summed E-state index contributed by atoms with van der Waals surface area (Å²) in [7, 11) is 0. The van der Waals surface area contributed by atoms with Crippen LogP contribution in [0.15, 0.2) is 60.7 Å². The van der Waals surface area contributed by atoms with Crippen molar-refractivity contribution in [2.24, 2.45) is 5.92 Å². The van der Waals surface area contributed by atoms with Gasteiger partial charge < -0.3 is 0 Å². The predicted molar refractivity (Wildman–Crippen MR) is 94.4 cm³/mol. The summed E-state index contributed by atoms with van der Waals surface area (Å²) in [6, 6.07) is 16.6. The van der Waals surface area contributed by atoms with Crippen LogP contribution in [0, 0.1) is 5.92 Å². The highest BCUT2D eigenvalue weighted by molar-refractivity contribution is 6.06. The van der Waals surface area contributed by atoms with Gasteiger partial charge in [0.15, 0.2) is 0 Å². The number of rotatable bonds is 4. The third-order valence-electron chi connectivity index (χ3n) is 4.76. The highest BCUT2D eigenvalue weighted by Crippen LogP contribution is 2.27. The fourth-order valence-electron chi connectivity index (χ4n) is 3.49. The van der Waals surface area contributed by atoms with Crippen LogP contribution < -0.4 is 0 Å². The average Bonchev–Trinajstić information content (AvgIpc) is 3.14. The van der Waals surface area contributed by atoms with E-state index in [1.807, 2.05) is 24.3 Å². The molecule has 0 aliphatic heterocycles. The molecule has 0 saturated carbocycles. The predicted octanol–water partition coefficient (Wildman–Crippen LogP) is 4.86. The number of pyridine rings is 1. The number of carbonyl (C=O) groups excluding carboxylic acids is 1. The Hall–Kier alpha value is -2.48. The maximum absolute atomic E-state index is 12.4. The molecule has 0 unspecified atom stereocenters. The zero-order valence-corrected chi connectivity index (χ0v) is 13.0. The number of nitrogens with zero attached hydrogens (tertiary/aromatic N) is 1. The Labute approximate surface area is 135 Å². The summed E-state index contributed by atoms with van der Waals surface area (Å²) in [5, 5.41) is 3.57. The van der Waals surface area contributed by atoms with Crippen molar-refractivity contribution in [3.63, 3.8) is 0 Å². The van der Waals surface area contributed by atoms with E-state index in [2.05, 4.69) is 36.4 Å². The van der Waals surface area contributed by atoms with E-state index < -0.39 is 0 Å². The van der Waals surface area contributed by atoms with Crippen molar-refractivity contribution in [3.05, 3.63) is 66.4 Å². The Morgan fingerprint density at radius 2 is 1.57 bits per heavy atom. The molecule has 23 heavy (non-hydrogen) atoms. The number of aromatic nitrogens is 1. The van der Waals surface area contributed by atoms with Crippen LogP contribution in [0.4, 0.5) is 0 Å². The number of ketones is 1. The molecule has 3 aromatic rings. The molecule has 4 rings (SSSR count). The Kier molecular flexibility index (Phi) is 3.66. The normalized spacial score (nSPS) is 14.8. The van der Waals surface area contributed by atoms with E-state index in [9.17, 15) is 4.79 Å². The van der Waals surface area contributed by atoms with Crippen molar-refractivity contribution >= 4 is 27.5 Å². The van der Waals surface area contributed by atoms with Crippen LogP contribution in [0.5, 0.6) is 0 Å². The molecular weight excluding hydrogens is 282 g/mol. The minimum atomic E-state index is 0.196. The molecule has 1 aromatic heterocycles. The van der Waals surface area contributed by atoms with E-state index in [0.717, 1.165) is 30.5 Å². The lowest BCUT2D eigenvalue weighted by Gasteiger charge is -2.11. The minimum Gasteiger partial charge on any atom is -0.299 e. The van der Waals surface area contributed by atoms with Crippen LogP contribution in [-0.2, 0) is 11.2 Å². The van der Waals surface area contributed by atoms with Crippen molar-refractivity contribution in [2.45, 2.75) is 25.7 Å². The van der Waals surface area contributed by atoms with Gasteiger partial charge in [-0.3, -0.25) is 9.78 Å². The van der Waals surface area contributed by atoms with Crippen LogP contribution in [0.1, 0.15) is 25.0 Å². The first-order valence-electron chi connectivity index (χ1n) is 8.27. The smallest absolute Gasteiger partial charge is 0.136 e. The van der Waals surface area contributed by atoms with Gasteiger partial charge in [-0.1, -0.05) is 54.6 Å². The lowest BCUT2D eigenvalue weighted by molar-refractivity contribution is -0.122. The summed E-state index contributed by atoms with van der Waals surface area (Å²) in [6.07, 6.45) is 7.36. The summed E-state index contributed by atoms with van der Waals surface area (Å²) < 4.78 is 0. The molecule has 1 aliphatic rings. The SMILES string of the molecule is O=C(CCc1nc2ccccc2c2ccccc12)C1CC=CC1. The largest absolute Gasteiger partial charge is 0.299 e. The summed E-state index contributed by atoms with van der Waals surface area (Å²) in [4.78, 5) is 17.2. The van der Waals surface area contributed by atoms with E-state index in [1.165, 1.54) is 16.2 Å². The van der Waals surface area contributed by atoms with Gasteiger partial charge >= 0.3 is 0 Å². The standard InChI is InChI=1S/C21H19NO/c23-21(15-7-1-2-8-15)14-13-20-18-10-4-3-9-16(18)17-11-5-6-12-19(17)22-20/h1-6,9-12,15H,7-8,13-14H2. The van der Waals surface area contributed by atoms with Gasteiger partial charge in [0.05, 0.1) is 5.52 Å². The molecule has 1 aliphatic carbocycles. The monoisotopic (exact) mass is 301 g/mol. The third kappa shape index (κ3) is 2.65. The number of Topliss-reactive ketones (excluding diaryl/α,β-unsaturated/α-hetero) is 1. The first-order chi connectivity index (χ1) is 11.3. The quantitative estimate of drug-likeness (QED) is 0.509. The topological polar surface area (TPSA) is 30.0 Å². The van der Waals surface area contributed by atoms with Gasteiger partial charge in [-0.05, 0) is 30.7 Å². The van der Waals surface area contributed by atoms with Gasteiger partial charge in [0.1, 0.15) is 5.78 Å². The van der Waals surface area contributed by atoms with Gasteiger partial charge in [0, 0.05) is 28.8 Å². The zero-order valence-electron chi connectivity index (χ0n) is 13.0. The molecule has 0 radical (unpaired) electrons. The molecule has 0 bridgehead atoms. The van der Waals surface area contributed by atoms with Crippen LogP contribution >= 0.6 is 0 Å². The molecule has 0 spiro atoms. The van der Waals surface area contributed by atoms with E-state index >= 15 is 0 Å². The molecule has 0 amide bonds. The van der Waals surface area contributed by atoms with E-state index in [1.54, 1.807) is 0 Å². The lowest BCUT2D eigenvalue weighted by Crippen LogP contribution is -2.12. The number of aryl methyl sites for hydroxylation is 1. The summed E-state index contributed by atoms with van der Waals surface area (Å²) >= 11 is 0. The number of benzene rings is 2. The van der Waals surface area contributed by atoms with Crippen molar-refractivity contribution in [3.8, 4) is 0 Å². The Morgan fingerprint density at radius 3 is 2.35 bits per heavy atom. The van der Waals surface area contributed by atoms with Crippen molar-refractivity contribution in [1.82, 2.24) is 4.98 Å². The molecule has 2 heteroatoms. The minimum absolute atomic E-state index is 0.196. The van der Waals surface area contributed by atoms with Crippen LogP contribution in [0.2, 0.25) is 0 Å². The van der Waals surface area contributed by atoms with Crippen LogP contribution in [0.3, 0.4) is 0 Å². The Balaban J connectivity index is 1.69. The first-order valence-corrected chi connectivity index (χ1v) is 8.27. The van der Waals surface area contributed by atoms with E-state index in [-0.39, 0.29) is 5.92 Å².